The van der Waals surface area contributed by atoms with Crippen molar-refractivity contribution in [2.24, 2.45) is 0 Å². The number of nitro benzene ring substituents is 1. The second-order valence-electron chi connectivity index (χ2n) is 4.66. The molecule has 0 spiro atoms. The van der Waals surface area contributed by atoms with Gasteiger partial charge < -0.3 is 4.74 Å². The van der Waals surface area contributed by atoms with Gasteiger partial charge in [0.15, 0.2) is 5.75 Å². The molecule has 2 aromatic carbocycles. The highest BCUT2D eigenvalue weighted by molar-refractivity contribution is 7.13. The van der Waals surface area contributed by atoms with Gasteiger partial charge in [0.25, 0.3) is 0 Å². The highest BCUT2D eigenvalue weighted by atomic mass is 32.1. The van der Waals surface area contributed by atoms with Gasteiger partial charge in [0.05, 0.1) is 10.6 Å². The lowest BCUT2D eigenvalue weighted by molar-refractivity contribution is -0.385. The summed E-state index contributed by atoms with van der Waals surface area (Å²) in [5.74, 6) is -0.0981. The second kappa shape index (κ2) is 6.53. The van der Waals surface area contributed by atoms with E-state index in [2.05, 4.69) is 4.98 Å². The molecule has 7 heteroatoms. The number of aromatic nitrogens is 1. The van der Waals surface area contributed by atoms with Crippen molar-refractivity contribution < 1.29 is 14.1 Å². The van der Waals surface area contributed by atoms with Gasteiger partial charge in [0.2, 0.25) is 0 Å². The summed E-state index contributed by atoms with van der Waals surface area (Å²) in [5, 5.41) is 13.5. The van der Waals surface area contributed by atoms with E-state index in [1.165, 1.54) is 29.5 Å². The van der Waals surface area contributed by atoms with Crippen LogP contribution >= 0.6 is 11.3 Å². The molecule has 0 saturated heterocycles. The first-order valence-electron chi connectivity index (χ1n) is 6.70. The Morgan fingerprint density at radius 3 is 2.65 bits per heavy atom. The number of hydrogen-bond donors (Lipinski definition) is 0. The number of nitrogens with zero attached hydrogens (tertiary/aromatic N) is 2. The van der Waals surface area contributed by atoms with Crippen molar-refractivity contribution in [1.82, 2.24) is 4.98 Å². The Morgan fingerprint density at radius 2 is 1.91 bits per heavy atom. The number of rotatable bonds is 5. The van der Waals surface area contributed by atoms with Crippen LogP contribution in [0.5, 0.6) is 5.75 Å². The molecule has 116 valence electrons. The Labute approximate surface area is 135 Å². The van der Waals surface area contributed by atoms with Crippen molar-refractivity contribution >= 4 is 17.0 Å². The number of ether oxygens (including phenoxy) is 1. The summed E-state index contributed by atoms with van der Waals surface area (Å²) in [7, 11) is 0. The molecule has 0 bridgehead atoms. The summed E-state index contributed by atoms with van der Waals surface area (Å²) in [6.07, 6.45) is 0. The van der Waals surface area contributed by atoms with E-state index < -0.39 is 4.92 Å². The lowest BCUT2D eigenvalue weighted by Gasteiger charge is -2.04. The average Bonchev–Trinajstić information content (AvgIpc) is 3.03. The molecular formula is C16H11FN2O3S. The Hall–Kier alpha value is -2.80. The van der Waals surface area contributed by atoms with Crippen molar-refractivity contribution in [3.63, 3.8) is 0 Å². The number of hydrogen-bond acceptors (Lipinski definition) is 5. The van der Waals surface area contributed by atoms with Crippen LogP contribution in [0, 0.1) is 15.9 Å². The van der Waals surface area contributed by atoms with Gasteiger partial charge in [0, 0.05) is 17.0 Å². The number of para-hydroxylation sites is 2. The molecule has 23 heavy (non-hydrogen) atoms. The summed E-state index contributed by atoms with van der Waals surface area (Å²) in [6, 6.07) is 12.3. The second-order valence-corrected chi connectivity index (χ2v) is 5.52. The van der Waals surface area contributed by atoms with Gasteiger partial charge in [-0.05, 0) is 30.3 Å². The maximum atomic E-state index is 12.9. The van der Waals surface area contributed by atoms with E-state index in [0.717, 1.165) is 10.6 Å². The molecule has 0 saturated carbocycles. The molecule has 0 aliphatic carbocycles. The molecule has 3 rings (SSSR count). The fourth-order valence-corrected chi connectivity index (χ4v) is 2.79. The van der Waals surface area contributed by atoms with Gasteiger partial charge in [-0.3, -0.25) is 10.1 Å². The van der Waals surface area contributed by atoms with E-state index in [9.17, 15) is 14.5 Å². The van der Waals surface area contributed by atoms with Crippen LogP contribution in [-0.2, 0) is 6.61 Å². The van der Waals surface area contributed by atoms with Gasteiger partial charge in [0.1, 0.15) is 17.4 Å². The minimum Gasteiger partial charge on any atom is -0.480 e. The third-order valence-electron chi connectivity index (χ3n) is 3.08. The zero-order chi connectivity index (χ0) is 16.2. The molecule has 0 aliphatic rings. The zero-order valence-electron chi connectivity index (χ0n) is 11.8. The first-order chi connectivity index (χ1) is 11.1. The van der Waals surface area contributed by atoms with Crippen LogP contribution in [0.4, 0.5) is 10.1 Å². The molecule has 0 aliphatic heterocycles. The summed E-state index contributed by atoms with van der Waals surface area (Å²) in [4.78, 5) is 14.8. The van der Waals surface area contributed by atoms with Crippen molar-refractivity contribution in [2.45, 2.75) is 6.61 Å². The molecule has 5 nitrogen and oxygen atoms in total. The monoisotopic (exact) mass is 330 g/mol. The number of thiazole rings is 1. The molecule has 1 heterocycles. The van der Waals surface area contributed by atoms with Crippen molar-refractivity contribution in [2.75, 3.05) is 0 Å². The van der Waals surface area contributed by atoms with Gasteiger partial charge >= 0.3 is 5.69 Å². The molecule has 0 N–H and O–H groups in total. The van der Waals surface area contributed by atoms with E-state index in [0.29, 0.717) is 5.69 Å². The molecule has 1 aromatic heterocycles. The number of nitro groups is 1. The first-order valence-corrected chi connectivity index (χ1v) is 7.58. The molecule has 0 unspecified atom stereocenters. The predicted molar refractivity (Wildman–Crippen MR) is 84.9 cm³/mol. The van der Waals surface area contributed by atoms with Crippen LogP contribution in [0.3, 0.4) is 0 Å². The quantitative estimate of drug-likeness (QED) is 0.512. The third kappa shape index (κ3) is 3.51. The maximum absolute atomic E-state index is 12.9. The highest BCUT2D eigenvalue weighted by Crippen LogP contribution is 2.28. The lowest BCUT2D eigenvalue weighted by Crippen LogP contribution is -1.99. The van der Waals surface area contributed by atoms with E-state index in [4.69, 9.17) is 4.74 Å². The molecule has 3 aromatic rings. The van der Waals surface area contributed by atoms with Gasteiger partial charge in [-0.1, -0.05) is 12.1 Å². The normalized spacial score (nSPS) is 10.5. The van der Waals surface area contributed by atoms with E-state index in [-0.39, 0.29) is 23.9 Å². The molecule has 0 atom stereocenters. The summed E-state index contributed by atoms with van der Waals surface area (Å²) in [6.45, 7) is 0.128. The van der Waals surface area contributed by atoms with Gasteiger partial charge in [-0.2, -0.15) is 0 Å². The zero-order valence-corrected chi connectivity index (χ0v) is 12.6. The molecular weight excluding hydrogens is 319 g/mol. The van der Waals surface area contributed by atoms with Crippen LogP contribution in [-0.4, -0.2) is 9.91 Å². The summed E-state index contributed by atoms with van der Waals surface area (Å²) < 4.78 is 18.4. The molecule has 0 fully saturated rings. The van der Waals surface area contributed by atoms with Crippen molar-refractivity contribution in [3.8, 4) is 16.3 Å². The van der Waals surface area contributed by atoms with Crippen molar-refractivity contribution in [3.05, 3.63) is 75.5 Å². The maximum Gasteiger partial charge on any atom is 0.310 e. The Morgan fingerprint density at radius 1 is 1.17 bits per heavy atom. The van der Waals surface area contributed by atoms with Crippen LogP contribution in [0.2, 0.25) is 0 Å². The highest BCUT2D eigenvalue weighted by Gasteiger charge is 2.14. The predicted octanol–water partition coefficient (Wildman–Crippen LogP) is 4.44. The topological polar surface area (TPSA) is 65.3 Å². The first kappa shape index (κ1) is 15.1. The van der Waals surface area contributed by atoms with Gasteiger partial charge in [-0.25, -0.2) is 9.37 Å². The minimum absolute atomic E-state index is 0.0820. The van der Waals surface area contributed by atoms with Crippen LogP contribution < -0.4 is 4.74 Å². The summed E-state index contributed by atoms with van der Waals surface area (Å²) in [5.41, 5.74) is 1.39. The van der Waals surface area contributed by atoms with E-state index in [1.807, 2.05) is 5.38 Å². The average molecular weight is 330 g/mol. The van der Waals surface area contributed by atoms with Crippen LogP contribution in [0.25, 0.3) is 10.6 Å². The Kier molecular flexibility index (Phi) is 4.29. The van der Waals surface area contributed by atoms with Crippen molar-refractivity contribution in [1.29, 1.82) is 0 Å². The number of benzene rings is 2. The Balaban J connectivity index is 1.73. The van der Waals surface area contributed by atoms with Crippen LogP contribution in [0.15, 0.2) is 53.9 Å². The largest absolute Gasteiger partial charge is 0.480 e. The third-order valence-corrected chi connectivity index (χ3v) is 4.02. The lowest BCUT2D eigenvalue weighted by atomic mass is 10.2. The molecule has 0 radical (unpaired) electrons. The molecule has 0 amide bonds. The fraction of sp³-hybridized carbons (Fsp3) is 0.0625. The van der Waals surface area contributed by atoms with E-state index in [1.54, 1.807) is 30.3 Å². The number of halogens is 1. The minimum atomic E-state index is -0.486. The van der Waals surface area contributed by atoms with Crippen LogP contribution in [0.1, 0.15) is 5.69 Å². The van der Waals surface area contributed by atoms with Gasteiger partial charge in [-0.15, -0.1) is 11.3 Å². The standard InChI is InChI=1S/C16H11FN2O3S/c17-12-7-5-11(6-8-12)16-18-13(10-23-16)9-22-15-4-2-1-3-14(15)19(20)21/h1-8,10H,9H2. The summed E-state index contributed by atoms with van der Waals surface area (Å²) >= 11 is 1.41. The smallest absolute Gasteiger partial charge is 0.310 e. The fourth-order valence-electron chi connectivity index (χ4n) is 1.98. The Bertz CT molecular complexity index is 833. The van der Waals surface area contributed by atoms with E-state index >= 15 is 0 Å². The SMILES string of the molecule is O=[N+]([O-])c1ccccc1OCc1csc(-c2ccc(F)cc2)n1.